The Morgan fingerprint density at radius 3 is 2.70 bits per heavy atom. The van der Waals surface area contributed by atoms with Crippen molar-refractivity contribution in [1.82, 2.24) is 9.97 Å². The number of carbonyl (C=O) groups is 2. The molecular weight excluding hydrogens is 260 g/mol. The third-order valence-electron chi connectivity index (χ3n) is 2.39. The lowest BCUT2D eigenvalue weighted by Gasteiger charge is -2.06. The summed E-state index contributed by atoms with van der Waals surface area (Å²) in [4.78, 5) is 30.3. The number of benzene rings is 1. The second-order valence-electron chi connectivity index (χ2n) is 3.71. The molecule has 98 valence electrons. The minimum atomic E-state index is -1.29. The number of carbonyl (C=O) groups excluding carboxylic acids is 1. The summed E-state index contributed by atoms with van der Waals surface area (Å²) in [7, 11) is 0. The van der Waals surface area contributed by atoms with Gasteiger partial charge in [-0.05, 0) is 18.2 Å². The van der Waals surface area contributed by atoms with Crippen LogP contribution in [-0.2, 0) is 0 Å². The number of anilines is 1. The average Bonchev–Trinajstić information content (AvgIpc) is 2.47. The summed E-state index contributed by atoms with van der Waals surface area (Å²) in [6.07, 6.45) is 2.49. The van der Waals surface area contributed by atoms with Crippen molar-refractivity contribution in [2.24, 2.45) is 0 Å². The lowest BCUT2D eigenvalue weighted by atomic mass is 10.1. The van der Waals surface area contributed by atoms with Crippen LogP contribution in [0.4, 0.5) is 5.82 Å². The zero-order valence-corrected chi connectivity index (χ0v) is 10.1. The van der Waals surface area contributed by atoms with E-state index in [1.165, 1.54) is 24.5 Å². The average molecular weight is 268 g/mol. The molecule has 0 aliphatic rings. The number of rotatable bonds is 3. The number of amides is 1. The van der Waals surface area contributed by atoms with E-state index in [9.17, 15) is 9.59 Å². The summed E-state index contributed by atoms with van der Waals surface area (Å²) in [6, 6.07) is 7.93. The molecule has 0 aliphatic carbocycles. The molecule has 1 aromatic carbocycles. The lowest BCUT2D eigenvalue weighted by Crippen LogP contribution is -2.17. The molecule has 0 bridgehead atoms. The van der Waals surface area contributed by atoms with Gasteiger partial charge in [-0.25, -0.2) is 14.8 Å². The smallest absolute Gasteiger partial charge is 0.358 e. The molecule has 2 N–H and O–H groups in total. The maximum Gasteiger partial charge on any atom is 0.358 e. The summed E-state index contributed by atoms with van der Waals surface area (Å²) < 4.78 is 0. The Morgan fingerprint density at radius 2 is 2.00 bits per heavy atom. The lowest BCUT2D eigenvalue weighted by molar-refractivity contribution is 0.0691. The van der Waals surface area contributed by atoms with E-state index in [1.54, 1.807) is 12.1 Å². The van der Waals surface area contributed by atoms with Gasteiger partial charge in [0, 0.05) is 18.0 Å². The zero-order chi connectivity index (χ0) is 14.5. The fourth-order valence-corrected chi connectivity index (χ4v) is 1.50. The van der Waals surface area contributed by atoms with Crippen molar-refractivity contribution in [1.29, 1.82) is 5.26 Å². The number of nitrogens with zero attached hydrogens (tertiary/aromatic N) is 3. The van der Waals surface area contributed by atoms with Crippen molar-refractivity contribution in [3.05, 3.63) is 53.5 Å². The van der Waals surface area contributed by atoms with E-state index in [2.05, 4.69) is 15.3 Å². The highest BCUT2D eigenvalue weighted by Crippen LogP contribution is 2.11. The fraction of sp³-hybridized carbons (Fsp3) is 0. The van der Waals surface area contributed by atoms with Crippen LogP contribution in [0.3, 0.4) is 0 Å². The molecular formula is C13H8N4O3. The molecule has 0 fully saturated rings. The van der Waals surface area contributed by atoms with E-state index in [0.29, 0.717) is 5.56 Å². The van der Waals surface area contributed by atoms with Crippen LogP contribution in [0.5, 0.6) is 0 Å². The Bertz CT molecular complexity index is 722. The summed E-state index contributed by atoms with van der Waals surface area (Å²) >= 11 is 0. The maximum absolute atomic E-state index is 12.0. The number of aromatic carboxylic acids is 1. The minimum absolute atomic E-state index is 0.146. The predicted octanol–water partition coefficient (Wildman–Crippen LogP) is 1.30. The van der Waals surface area contributed by atoms with Crippen LogP contribution in [0.15, 0.2) is 36.7 Å². The van der Waals surface area contributed by atoms with Gasteiger partial charge in [0.05, 0.1) is 11.6 Å². The Morgan fingerprint density at radius 1 is 1.25 bits per heavy atom. The number of carboxylic acids is 1. The van der Waals surface area contributed by atoms with Crippen LogP contribution in [-0.4, -0.2) is 27.0 Å². The molecule has 7 heteroatoms. The molecule has 0 spiro atoms. The van der Waals surface area contributed by atoms with Gasteiger partial charge >= 0.3 is 5.97 Å². The Hall–Kier alpha value is -3.27. The van der Waals surface area contributed by atoms with E-state index < -0.39 is 11.9 Å². The van der Waals surface area contributed by atoms with Gasteiger partial charge in [-0.3, -0.25) is 4.79 Å². The Labute approximate surface area is 113 Å². The van der Waals surface area contributed by atoms with Gasteiger partial charge in [-0.1, -0.05) is 6.07 Å². The third kappa shape index (κ3) is 2.76. The second-order valence-corrected chi connectivity index (χ2v) is 3.71. The molecule has 0 saturated heterocycles. The second kappa shape index (κ2) is 5.58. The molecule has 2 rings (SSSR count). The predicted molar refractivity (Wildman–Crippen MR) is 68.1 cm³/mol. The van der Waals surface area contributed by atoms with Crippen LogP contribution >= 0.6 is 0 Å². The number of aromatic nitrogens is 2. The highest BCUT2D eigenvalue weighted by molar-refractivity contribution is 6.06. The van der Waals surface area contributed by atoms with Crippen LogP contribution in [0.25, 0.3) is 0 Å². The Balaban J connectivity index is 2.28. The van der Waals surface area contributed by atoms with Gasteiger partial charge in [-0.2, -0.15) is 5.26 Å². The van der Waals surface area contributed by atoms with Gasteiger partial charge < -0.3 is 10.4 Å². The quantitative estimate of drug-likeness (QED) is 0.866. The normalized spacial score (nSPS) is 9.55. The number of carboxylic acid groups (broad SMARTS) is 1. The highest BCUT2D eigenvalue weighted by atomic mass is 16.4. The SMILES string of the molecule is N#Cc1cccc(C(=O)Nc2nccnc2C(=O)O)c1. The Kier molecular flexibility index (Phi) is 3.67. The van der Waals surface area contributed by atoms with Crippen molar-refractivity contribution < 1.29 is 14.7 Å². The first-order valence-electron chi connectivity index (χ1n) is 5.47. The van der Waals surface area contributed by atoms with E-state index in [-0.39, 0.29) is 17.1 Å². The number of nitrogens with one attached hydrogen (secondary N) is 1. The van der Waals surface area contributed by atoms with E-state index in [0.717, 1.165) is 0 Å². The van der Waals surface area contributed by atoms with E-state index in [4.69, 9.17) is 10.4 Å². The minimum Gasteiger partial charge on any atom is -0.476 e. The zero-order valence-electron chi connectivity index (χ0n) is 10.1. The van der Waals surface area contributed by atoms with Crippen LogP contribution in [0.1, 0.15) is 26.4 Å². The van der Waals surface area contributed by atoms with Crippen molar-refractivity contribution in [3.63, 3.8) is 0 Å². The topological polar surface area (TPSA) is 116 Å². The third-order valence-corrected chi connectivity index (χ3v) is 2.39. The van der Waals surface area contributed by atoms with Crippen LogP contribution in [0, 0.1) is 11.3 Å². The summed E-state index contributed by atoms with van der Waals surface area (Å²) in [6.45, 7) is 0. The van der Waals surface area contributed by atoms with Crippen molar-refractivity contribution >= 4 is 17.7 Å². The van der Waals surface area contributed by atoms with Gasteiger partial charge in [0.25, 0.3) is 5.91 Å². The van der Waals surface area contributed by atoms with Crippen molar-refractivity contribution in [2.75, 3.05) is 5.32 Å². The summed E-state index contributed by atoms with van der Waals surface area (Å²) in [5.74, 6) is -2.00. The van der Waals surface area contributed by atoms with Crippen molar-refractivity contribution in [3.8, 4) is 6.07 Å². The molecule has 0 unspecified atom stereocenters. The molecule has 0 saturated carbocycles. The summed E-state index contributed by atoms with van der Waals surface area (Å²) in [5.41, 5.74) is 0.207. The largest absolute Gasteiger partial charge is 0.476 e. The van der Waals surface area contributed by atoms with Crippen LogP contribution in [0.2, 0.25) is 0 Å². The van der Waals surface area contributed by atoms with Gasteiger partial charge in [0.2, 0.25) is 0 Å². The monoisotopic (exact) mass is 268 g/mol. The first-order valence-corrected chi connectivity index (χ1v) is 5.47. The number of nitriles is 1. The summed E-state index contributed by atoms with van der Waals surface area (Å²) in [5, 5.41) is 20.1. The van der Waals surface area contributed by atoms with E-state index >= 15 is 0 Å². The molecule has 0 atom stereocenters. The van der Waals surface area contributed by atoms with E-state index in [1.807, 2.05) is 6.07 Å². The van der Waals surface area contributed by atoms with Gasteiger partial charge in [0.1, 0.15) is 0 Å². The molecule has 1 heterocycles. The molecule has 1 aromatic heterocycles. The maximum atomic E-state index is 12.0. The number of hydrogen-bond acceptors (Lipinski definition) is 5. The molecule has 0 radical (unpaired) electrons. The standard InChI is InChI=1S/C13H8N4O3/c14-7-8-2-1-3-9(6-8)12(18)17-11-10(13(19)20)15-4-5-16-11/h1-6H,(H,19,20)(H,16,17,18). The first kappa shape index (κ1) is 13.2. The molecule has 2 aromatic rings. The fourth-order valence-electron chi connectivity index (χ4n) is 1.50. The number of hydrogen-bond donors (Lipinski definition) is 2. The molecule has 20 heavy (non-hydrogen) atoms. The van der Waals surface area contributed by atoms with Crippen LogP contribution < -0.4 is 5.32 Å². The molecule has 1 amide bonds. The molecule has 7 nitrogen and oxygen atoms in total. The van der Waals surface area contributed by atoms with Gasteiger partial charge in [0.15, 0.2) is 11.5 Å². The van der Waals surface area contributed by atoms with Crippen molar-refractivity contribution in [2.45, 2.75) is 0 Å². The highest BCUT2D eigenvalue weighted by Gasteiger charge is 2.16. The first-order chi connectivity index (χ1) is 9.61. The van der Waals surface area contributed by atoms with Gasteiger partial charge in [-0.15, -0.1) is 0 Å². The molecule has 0 aliphatic heterocycles.